The molecule has 2 aliphatic heterocycles. The first-order valence-electron chi connectivity index (χ1n) is 26.9. The molecule has 24 nitrogen and oxygen atoms in total. The van der Waals surface area contributed by atoms with Crippen molar-refractivity contribution in [1.82, 2.24) is 41.5 Å². The Morgan fingerprint density at radius 2 is 1.34 bits per heavy atom. The van der Waals surface area contributed by atoms with Gasteiger partial charge in [-0.05, 0) is 68.2 Å². The summed E-state index contributed by atoms with van der Waals surface area (Å²) in [5, 5.41) is 50.1. The van der Waals surface area contributed by atoms with Gasteiger partial charge in [-0.2, -0.15) is 4.73 Å². The number of esters is 1. The van der Waals surface area contributed by atoms with Crippen LogP contribution in [0.25, 0.3) is 0 Å². The zero-order valence-electron chi connectivity index (χ0n) is 45.2. The minimum Gasteiger partial charge on any atom is -0.458 e. The van der Waals surface area contributed by atoms with Crippen molar-refractivity contribution in [2.75, 3.05) is 6.54 Å². The van der Waals surface area contributed by atoms with E-state index in [4.69, 9.17) is 16.3 Å². The molecule has 3 heterocycles. The molecule has 3 aromatic rings. The Labute approximate surface area is 466 Å². The number of carbonyl (C=O) groups is 8. The number of benzene rings is 2. The fraction of sp³-hybridized carbons (Fsp3) is 0.527. The summed E-state index contributed by atoms with van der Waals surface area (Å²) in [4.78, 5) is 142. The van der Waals surface area contributed by atoms with E-state index in [-0.39, 0.29) is 43.8 Å². The molecule has 80 heavy (non-hydrogen) atoms. The molecule has 2 aliphatic carbocycles. The molecule has 7 rings (SSSR count). The third-order valence-electron chi connectivity index (χ3n) is 16.0. The third kappa shape index (κ3) is 14.1. The molecular formula is C55H69ClN10O14. The predicted molar refractivity (Wildman–Crippen MR) is 288 cm³/mol. The molecule has 1 unspecified atom stereocenters. The first kappa shape index (κ1) is 59.8. The van der Waals surface area contributed by atoms with Gasteiger partial charge in [0.05, 0.1) is 0 Å². The highest BCUT2D eigenvalue weighted by atomic mass is 35.5. The average molecular weight is 1130 g/mol. The SMILES string of the molecule is C/C=C\[C@H]1C[C@H]2C(=O)O[C@H](C)[C@@H](NC(=O)[C@H](C[C@@H]3C[C@H]3[N+](=O)[O-])NC(=O)c3ccc(Cl)n3O)C(=O)NC([C@H](C)c3ccccc3)C(=O)N[C@H](C[C@@H]3C[C@H]3[N+](=O)[O-])C(=O)N[C@@H]([C@H](C)c3ccccc3)C(=O)N[C@@H]([C@@H](C)CC)C(=O)N2C1. The van der Waals surface area contributed by atoms with Gasteiger partial charge in [0, 0.05) is 52.9 Å². The molecule has 2 aromatic carbocycles. The number of hydrogen-bond donors (Lipinski definition) is 7. The topological polar surface area (TPSA) is 333 Å². The molecule has 0 bridgehead atoms. The van der Waals surface area contributed by atoms with E-state index in [2.05, 4.69) is 31.9 Å². The van der Waals surface area contributed by atoms with Gasteiger partial charge in [0.1, 0.15) is 59.2 Å². The highest BCUT2D eigenvalue weighted by Crippen LogP contribution is 2.39. The number of halogens is 1. The van der Waals surface area contributed by atoms with Crippen LogP contribution in [-0.2, 0) is 38.3 Å². The van der Waals surface area contributed by atoms with Gasteiger partial charge in [0.2, 0.25) is 47.5 Å². The predicted octanol–water partition coefficient (Wildman–Crippen LogP) is 3.40. The minimum absolute atomic E-state index is 0.00168. The Bertz CT molecular complexity index is 2850. The summed E-state index contributed by atoms with van der Waals surface area (Å²) in [5.41, 5.74) is 0.721. The number of carbonyl (C=O) groups excluding carboxylic acids is 8. The molecule has 7 N–H and O–H groups in total. The molecular weight excluding hydrogens is 1060 g/mol. The van der Waals surface area contributed by atoms with Gasteiger partial charge >= 0.3 is 5.97 Å². The van der Waals surface area contributed by atoms with Crippen molar-refractivity contribution in [2.45, 2.75) is 152 Å². The number of amides is 7. The quantitative estimate of drug-likeness (QED) is 0.0335. The van der Waals surface area contributed by atoms with Crippen LogP contribution >= 0.6 is 11.6 Å². The fourth-order valence-corrected chi connectivity index (χ4v) is 10.8. The second kappa shape index (κ2) is 25.9. The molecule has 2 saturated heterocycles. The Balaban J connectivity index is 1.33. The van der Waals surface area contributed by atoms with Gasteiger partial charge < -0.3 is 46.7 Å². The molecule has 0 spiro atoms. The lowest BCUT2D eigenvalue weighted by atomic mass is 9.90. The van der Waals surface area contributed by atoms with E-state index in [9.17, 15) is 49.4 Å². The monoisotopic (exact) mass is 1130 g/mol. The van der Waals surface area contributed by atoms with E-state index in [0.717, 1.165) is 6.07 Å². The Hall–Kier alpha value is -7.89. The smallest absolute Gasteiger partial charge is 0.329 e. The largest absolute Gasteiger partial charge is 0.458 e. The van der Waals surface area contributed by atoms with Crippen molar-refractivity contribution < 1.29 is 58.1 Å². The molecule has 1 aromatic heterocycles. The highest BCUT2D eigenvalue weighted by Gasteiger charge is 2.52. The lowest BCUT2D eigenvalue weighted by molar-refractivity contribution is -0.498. The van der Waals surface area contributed by atoms with Crippen LogP contribution in [0.2, 0.25) is 5.15 Å². The summed E-state index contributed by atoms with van der Waals surface area (Å²) < 4.78 is 6.43. The normalized spacial score (nSPS) is 29.1. The number of nitrogens with one attached hydrogen (secondary N) is 6. The van der Waals surface area contributed by atoms with Crippen LogP contribution in [0, 0.1) is 43.9 Å². The van der Waals surface area contributed by atoms with Gasteiger partial charge in [0.25, 0.3) is 5.91 Å². The number of rotatable bonds is 17. The Morgan fingerprint density at radius 1 is 0.787 bits per heavy atom. The van der Waals surface area contributed by atoms with Crippen molar-refractivity contribution in [3.8, 4) is 0 Å². The second-order valence-corrected chi connectivity index (χ2v) is 21.9. The summed E-state index contributed by atoms with van der Waals surface area (Å²) in [7, 11) is 0. The van der Waals surface area contributed by atoms with E-state index in [1.54, 1.807) is 107 Å². The number of hydrogen-bond acceptors (Lipinski definition) is 14. The lowest BCUT2D eigenvalue weighted by Gasteiger charge is -2.34. The van der Waals surface area contributed by atoms with Crippen molar-refractivity contribution in [3.05, 3.63) is 127 Å². The van der Waals surface area contributed by atoms with Gasteiger partial charge in [0.15, 0.2) is 0 Å². The maximum Gasteiger partial charge on any atom is 0.329 e. The van der Waals surface area contributed by atoms with Crippen LogP contribution in [0.5, 0.6) is 0 Å². The molecule has 430 valence electrons. The number of cyclic esters (lactones) is 1. The number of allylic oxidation sites excluding steroid dienone is 1. The van der Waals surface area contributed by atoms with E-state index >= 15 is 14.4 Å². The Kier molecular flexibility index (Phi) is 19.4. The molecule has 2 saturated carbocycles. The summed E-state index contributed by atoms with van der Waals surface area (Å²) >= 11 is 5.98. The van der Waals surface area contributed by atoms with E-state index in [0.29, 0.717) is 22.3 Å². The zero-order chi connectivity index (χ0) is 58.3. The van der Waals surface area contributed by atoms with Gasteiger partial charge in [-0.15, -0.1) is 0 Å². The number of nitrogens with zero attached hydrogens (tertiary/aromatic N) is 4. The fourth-order valence-electron chi connectivity index (χ4n) is 10.7. The Morgan fingerprint density at radius 3 is 1.86 bits per heavy atom. The summed E-state index contributed by atoms with van der Waals surface area (Å²) in [6, 6.07) is 6.69. The average Bonchev–Trinajstić information content (AvgIpc) is 4.33. The van der Waals surface area contributed by atoms with Crippen molar-refractivity contribution >= 4 is 58.9 Å². The van der Waals surface area contributed by atoms with Crippen LogP contribution in [-0.4, -0.2) is 139 Å². The van der Waals surface area contributed by atoms with Crippen molar-refractivity contribution in [3.63, 3.8) is 0 Å². The zero-order valence-corrected chi connectivity index (χ0v) is 45.9. The van der Waals surface area contributed by atoms with Crippen molar-refractivity contribution in [1.29, 1.82) is 0 Å². The molecule has 4 aliphatic rings. The van der Waals surface area contributed by atoms with E-state index < -0.39 is 159 Å². The van der Waals surface area contributed by atoms with E-state index in [1.807, 2.05) is 0 Å². The molecule has 25 heteroatoms. The van der Waals surface area contributed by atoms with Crippen LogP contribution in [0.4, 0.5) is 0 Å². The molecule has 4 fully saturated rings. The van der Waals surface area contributed by atoms with Crippen LogP contribution in [0.1, 0.15) is 114 Å². The van der Waals surface area contributed by atoms with Crippen LogP contribution in [0.15, 0.2) is 84.9 Å². The maximum atomic E-state index is 15.2. The summed E-state index contributed by atoms with van der Waals surface area (Å²) in [6.07, 6.45) is 1.86. The van der Waals surface area contributed by atoms with Crippen LogP contribution < -0.4 is 31.9 Å². The number of ether oxygens (including phenoxy) is 1. The second-order valence-electron chi connectivity index (χ2n) is 21.5. The summed E-state index contributed by atoms with van der Waals surface area (Å²) in [6.45, 7) is 9.88. The molecule has 16 atom stereocenters. The molecule has 0 radical (unpaired) electrons. The third-order valence-corrected chi connectivity index (χ3v) is 16.3. The van der Waals surface area contributed by atoms with Crippen molar-refractivity contribution in [2.24, 2.45) is 23.7 Å². The van der Waals surface area contributed by atoms with Gasteiger partial charge in [-0.25, -0.2) is 4.79 Å². The van der Waals surface area contributed by atoms with Crippen LogP contribution in [0.3, 0.4) is 0 Å². The number of fused-ring (bicyclic) bond motifs is 1. The minimum atomic E-state index is -1.93. The first-order valence-corrected chi connectivity index (χ1v) is 27.3. The van der Waals surface area contributed by atoms with Gasteiger partial charge in [-0.3, -0.25) is 53.8 Å². The maximum absolute atomic E-state index is 15.2. The lowest BCUT2D eigenvalue weighted by Crippen LogP contribution is -2.62. The highest BCUT2D eigenvalue weighted by molar-refractivity contribution is 6.30. The number of nitro groups is 2. The van der Waals surface area contributed by atoms with E-state index in [1.165, 1.54) is 17.9 Å². The summed E-state index contributed by atoms with van der Waals surface area (Å²) in [5.74, 6) is -11.6. The number of aromatic nitrogens is 1. The standard InChI is InChI=1S/C55H69ClN10O14/c1-7-15-32-22-42-55(74)80-31(6)47(62-49(68)37(23-35-25-40(35)65(76)77)57-50(69)39-20-21-43(56)64(39)75)53(72)61-45(29(4)33-16-11-9-12-17-33)51(70)58-38(24-36-26-41(36)66(78)79)48(67)60-46(30(5)34-18-13-10-14-19-34)52(71)59-44(28(3)8-2)54(73)63(42)27-32/h7,9-21,28-32,35-38,40-42,44-47,75H,8,22-27H2,1-6H3,(H,57,69)(H,58,70)(H,59,71)(H,60,67)(H,61,72)(H,62,68)/b15-7-/t28-,29+,30+,31+,32-,35+,36+,37-,38+,40+,41+,42-,44-,45?,46-,47+/m0/s1. The molecule has 7 amide bonds. The van der Waals surface area contributed by atoms with Gasteiger partial charge in [-0.1, -0.05) is 119 Å². The first-order chi connectivity index (χ1) is 38.0.